The number of methoxy groups -OCH3 is 1. The number of rotatable bonds is 8. The summed E-state index contributed by atoms with van der Waals surface area (Å²) in [7, 11) is -2.19. The molecular formula is C19H20N4O5S. The zero-order chi connectivity index (χ0) is 20.9. The maximum absolute atomic E-state index is 12.5. The number of carbonyl (C=O) groups excluding carboxylic acids is 1. The van der Waals surface area contributed by atoms with Gasteiger partial charge in [-0.05, 0) is 42.5 Å². The number of ether oxygens (including phenoxy) is 1. The lowest BCUT2D eigenvalue weighted by atomic mass is 10.2. The topological polar surface area (TPSA) is 122 Å². The molecule has 9 nitrogen and oxygen atoms in total. The van der Waals surface area contributed by atoms with Crippen LogP contribution in [0.4, 0.5) is 5.69 Å². The predicted octanol–water partition coefficient (Wildman–Crippen LogP) is 1.34. The Kier molecular flexibility index (Phi) is 6.27. The van der Waals surface area contributed by atoms with E-state index >= 15 is 0 Å². The Labute approximate surface area is 167 Å². The molecule has 0 aliphatic carbocycles. The summed E-state index contributed by atoms with van der Waals surface area (Å²) in [6.45, 7) is 0.412. The molecule has 0 atom stereocenters. The molecule has 0 saturated heterocycles. The molecule has 10 heteroatoms. The fourth-order valence-electron chi connectivity index (χ4n) is 2.61. The standard InChI is InChI=1S/C19H20N4O5S/c1-28-12-10-21-29(26,27)17-7-5-14(6-8-17)18(24)22-15-3-2-4-16(13-15)23-11-9-20-19(23)25/h2-9,11,13,21H,10,12H2,1H3,(H,20,25)(H,22,24). The first-order valence-electron chi connectivity index (χ1n) is 8.67. The van der Waals surface area contributed by atoms with Gasteiger partial charge in [0.05, 0.1) is 17.2 Å². The molecule has 1 amide bonds. The van der Waals surface area contributed by atoms with E-state index in [2.05, 4.69) is 15.0 Å². The van der Waals surface area contributed by atoms with Crippen LogP contribution in [0.2, 0.25) is 0 Å². The van der Waals surface area contributed by atoms with Crippen LogP contribution in [0.15, 0.2) is 70.6 Å². The lowest BCUT2D eigenvalue weighted by Gasteiger charge is -2.09. The van der Waals surface area contributed by atoms with Gasteiger partial charge in [0.2, 0.25) is 10.0 Å². The van der Waals surface area contributed by atoms with Crippen molar-refractivity contribution >= 4 is 21.6 Å². The van der Waals surface area contributed by atoms with Crippen molar-refractivity contribution < 1.29 is 17.9 Å². The van der Waals surface area contributed by atoms with E-state index in [1.165, 1.54) is 42.1 Å². The Hall–Kier alpha value is -3.21. The van der Waals surface area contributed by atoms with E-state index in [9.17, 15) is 18.0 Å². The molecule has 0 spiro atoms. The number of nitrogens with zero attached hydrogens (tertiary/aromatic N) is 1. The van der Waals surface area contributed by atoms with Crippen molar-refractivity contribution in [2.45, 2.75) is 4.90 Å². The highest BCUT2D eigenvalue weighted by Crippen LogP contribution is 2.16. The first-order valence-corrected chi connectivity index (χ1v) is 10.2. The van der Waals surface area contributed by atoms with Gasteiger partial charge >= 0.3 is 5.69 Å². The van der Waals surface area contributed by atoms with Crippen molar-refractivity contribution in [2.75, 3.05) is 25.6 Å². The van der Waals surface area contributed by atoms with Crippen molar-refractivity contribution in [1.29, 1.82) is 0 Å². The van der Waals surface area contributed by atoms with Gasteiger partial charge in [-0.3, -0.25) is 9.36 Å². The molecule has 0 bridgehead atoms. The van der Waals surface area contributed by atoms with E-state index in [-0.39, 0.29) is 23.7 Å². The number of aromatic amines is 1. The quantitative estimate of drug-likeness (QED) is 0.479. The maximum Gasteiger partial charge on any atom is 0.330 e. The molecule has 1 heterocycles. The summed E-state index contributed by atoms with van der Waals surface area (Å²) in [5.74, 6) is -0.403. The minimum Gasteiger partial charge on any atom is -0.383 e. The van der Waals surface area contributed by atoms with Crippen LogP contribution in [-0.4, -0.2) is 44.1 Å². The lowest BCUT2D eigenvalue weighted by molar-refractivity contribution is 0.102. The first-order chi connectivity index (χ1) is 13.9. The summed E-state index contributed by atoms with van der Waals surface area (Å²) in [5.41, 5.74) is 1.10. The Morgan fingerprint density at radius 2 is 1.93 bits per heavy atom. The van der Waals surface area contributed by atoms with Crippen LogP contribution in [0.1, 0.15) is 10.4 Å². The summed E-state index contributed by atoms with van der Waals surface area (Å²) >= 11 is 0. The highest BCUT2D eigenvalue weighted by molar-refractivity contribution is 7.89. The number of sulfonamides is 1. The number of aromatic nitrogens is 2. The van der Waals surface area contributed by atoms with E-state index in [1.807, 2.05) is 0 Å². The molecule has 3 N–H and O–H groups in total. The van der Waals surface area contributed by atoms with E-state index in [0.29, 0.717) is 16.9 Å². The highest BCUT2D eigenvalue weighted by Gasteiger charge is 2.14. The predicted molar refractivity (Wildman–Crippen MR) is 108 cm³/mol. The molecule has 1 aromatic heterocycles. The number of amides is 1. The van der Waals surface area contributed by atoms with Crippen molar-refractivity contribution in [1.82, 2.24) is 14.3 Å². The third-order valence-corrected chi connectivity index (χ3v) is 5.53. The van der Waals surface area contributed by atoms with Gasteiger partial charge in [-0.15, -0.1) is 0 Å². The van der Waals surface area contributed by atoms with Crippen LogP contribution in [0.3, 0.4) is 0 Å². The van der Waals surface area contributed by atoms with Crippen molar-refractivity contribution in [3.8, 4) is 5.69 Å². The Bertz CT molecular complexity index is 1150. The summed E-state index contributed by atoms with van der Waals surface area (Å²) in [4.78, 5) is 26.8. The average molecular weight is 416 g/mol. The van der Waals surface area contributed by atoms with Crippen LogP contribution in [-0.2, 0) is 14.8 Å². The van der Waals surface area contributed by atoms with Gasteiger partial charge in [0, 0.05) is 37.3 Å². The smallest absolute Gasteiger partial charge is 0.330 e. The average Bonchev–Trinajstić information content (AvgIpc) is 3.14. The summed E-state index contributed by atoms with van der Waals surface area (Å²) in [6.07, 6.45) is 3.11. The van der Waals surface area contributed by atoms with Gasteiger partial charge in [0.25, 0.3) is 5.91 Å². The molecule has 0 radical (unpaired) electrons. The van der Waals surface area contributed by atoms with Crippen LogP contribution < -0.4 is 15.7 Å². The molecule has 0 unspecified atom stereocenters. The van der Waals surface area contributed by atoms with Crippen molar-refractivity contribution in [3.05, 3.63) is 77.0 Å². The molecule has 3 aromatic rings. The summed E-state index contributed by atoms with van der Waals surface area (Å²) in [5, 5.41) is 2.73. The SMILES string of the molecule is COCCNS(=O)(=O)c1ccc(C(=O)Nc2cccc(-n3cc[nH]c3=O)c2)cc1. The van der Waals surface area contributed by atoms with Crippen molar-refractivity contribution in [3.63, 3.8) is 0 Å². The van der Waals surface area contributed by atoms with Crippen molar-refractivity contribution in [2.24, 2.45) is 0 Å². The fraction of sp³-hybridized carbons (Fsp3) is 0.158. The lowest BCUT2D eigenvalue weighted by Crippen LogP contribution is -2.27. The Morgan fingerprint density at radius 3 is 2.59 bits per heavy atom. The second kappa shape index (κ2) is 8.86. The van der Waals surface area contributed by atoms with E-state index in [0.717, 1.165) is 0 Å². The molecule has 29 heavy (non-hydrogen) atoms. The molecule has 2 aromatic carbocycles. The Morgan fingerprint density at radius 1 is 1.17 bits per heavy atom. The molecular weight excluding hydrogens is 396 g/mol. The number of benzene rings is 2. The van der Waals surface area contributed by atoms with E-state index in [4.69, 9.17) is 4.74 Å². The molecule has 0 fully saturated rings. The van der Waals surface area contributed by atoms with Crippen LogP contribution in [0.25, 0.3) is 5.69 Å². The first kappa shape index (κ1) is 20.5. The number of H-pyrrole nitrogens is 1. The van der Waals surface area contributed by atoms with E-state index < -0.39 is 15.9 Å². The fourth-order valence-corrected chi connectivity index (χ4v) is 3.62. The van der Waals surface area contributed by atoms with Crippen LogP contribution >= 0.6 is 0 Å². The third-order valence-electron chi connectivity index (χ3n) is 4.06. The highest BCUT2D eigenvalue weighted by atomic mass is 32.2. The van der Waals surface area contributed by atoms with Gasteiger partial charge in [-0.25, -0.2) is 17.9 Å². The summed E-state index contributed by atoms with van der Waals surface area (Å²) in [6, 6.07) is 12.4. The van der Waals surface area contributed by atoms with E-state index in [1.54, 1.807) is 30.5 Å². The molecule has 0 aliphatic heterocycles. The number of carbonyl (C=O) groups is 1. The second-order valence-electron chi connectivity index (χ2n) is 6.05. The van der Waals surface area contributed by atoms with Gasteiger partial charge in [0.15, 0.2) is 0 Å². The minimum absolute atomic E-state index is 0.0546. The second-order valence-corrected chi connectivity index (χ2v) is 7.82. The number of nitrogens with one attached hydrogen (secondary N) is 3. The van der Waals surface area contributed by atoms with Crippen LogP contribution in [0, 0.1) is 0 Å². The van der Waals surface area contributed by atoms with Crippen LogP contribution in [0.5, 0.6) is 0 Å². The molecule has 0 aliphatic rings. The number of anilines is 1. The number of hydrogen-bond acceptors (Lipinski definition) is 5. The van der Waals surface area contributed by atoms with Gasteiger partial charge < -0.3 is 15.0 Å². The van der Waals surface area contributed by atoms with Gasteiger partial charge in [-0.1, -0.05) is 6.07 Å². The largest absolute Gasteiger partial charge is 0.383 e. The molecule has 3 rings (SSSR count). The molecule has 152 valence electrons. The minimum atomic E-state index is -3.67. The molecule has 0 saturated carbocycles. The third kappa shape index (κ3) is 4.99. The Balaban J connectivity index is 1.72. The number of hydrogen-bond donors (Lipinski definition) is 3. The van der Waals surface area contributed by atoms with Gasteiger partial charge in [0.1, 0.15) is 0 Å². The zero-order valence-electron chi connectivity index (χ0n) is 15.6. The maximum atomic E-state index is 12.5. The normalized spacial score (nSPS) is 11.3. The number of imidazole rings is 1. The summed E-state index contributed by atoms with van der Waals surface area (Å²) < 4.78 is 33.0. The zero-order valence-corrected chi connectivity index (χ0v) is 16.4. The van der Waals surface area contributed by atoms with Gasteiger partial charge in [-0.2, -0.15) is 0 Å². The monoisotopic (exact) mass is 416 g/mol.